The van der Waals surface area contributed by atoms with E-state index in [9.17, 15) is 9.90 Å². The van der Waals surface area contributed by atoms with Gasteiger partial charge in [0.15, 0.2) is 0 Å². The second kappa shape index (κ2) is 7.71. The first-order chi connectivity index (χ1) is 11.5. The predicted molar refractivity (Wildman–Crippen MR) is 93.8 cm³/mol. The molecule has 2 unspecified atom stereocenters. The molecule has 3 aliphatic rings. The number of rotatable bonds is 3. The molecule has 0 spiro atoms. The minimum Gasteiger partial charge on any atom is -0.389 e. The Hall–Kier alpha value is -0.650. The van der Waals surface area contributed by atoms with Crippen molar-refractivity contribution in [1.82, 2.24) is 9.80 Å². The third-order valence-corrected chi connectivity index (χ3v) is 5.97. The third kappa shape index (κ3) is 4.50. The van der Waals surface area contributed by atoms with Gasteiger partial charge in [-0.05, 0) is 52.6 Å². The molecule has 1 N–H and O–H groups in total. The molecule has 3 fully saturated rings. The molecular weight excluding hydrogens is 304 g/mol. The van der Waals surface area contributed by atoms with E-state index >= 15 is 0 Å². The molecule has 0 radical (unpaired) electrons. The zero-order valence-electron chi connectivity index (χ0n) is 15.4. The fourth-order valence-electron chi connectivity index (χ4n) is 4.74. The highest BCUT2D eigenvalue weighted by Crippen LogP contribution is 2.30. The van der Waals surface area contributed by atoms with Gasteiger partial charge in [0.2, 0.25) is 5.91 Å². The molecule has 2 heterocycles. The fourth-order valence-corrected chi connectivity index (χ4v) is 4.74. The zero-order chi connectivity index (χ0) is 17.2. The molecule has 0 aromatic heterocycles. The number of carbonyl (C=O) groups excluding carboxylic acids is 1. The van der Waals surface area contributed by atoms with Crippen LogP contribution in [0.4, 0.5) is 0 Å². The monoisotopic (exact) mass is 338 g/mol. The lowest BCUT2D eigenvalue weighted by atomic mass is 9.83. The highest BCUT2D eigenvalue weighted by molar-refractivity contribution is 5.79. The first-order valence-corrected chi connectivity index (χ1v) is 9.84. The number of likely N-dealkylation sites (tertiary alicyclic amines) is 1. The Morgan fingerprint density at radius 1 is 1.08 bits per heavy atom. The van der Waals surface area contributed by atoms with E-state index in [1.54, 1.807) is 0 Å². The molecule has 2 aliphatic heterocycles. The van der Waals surface area contributed by atoms with E-state index in [1.165, 1.54) is 6.42 Å². The van der Waals surface area contributed by atoms with Crippen LogP contribution in [0.2, 0.25) is 0 Å². The summed E-state index contributed by atoms with van der Waals surface area (Å²) >= 11 is 0. The van der Waals surface area contributed by atoms with Crippen LogP contribution in [0.1, 0.15) is 58.8 Å². The van der Waals surface area contributed by atoms with Gasteiger partial charge in [0.1, 0.15) is 0 Å². The summed E-state index contributed by atoms with van der Waals surface area (Å²) in [6, 6.07) is 0. The Balaban J connectivity index is 1.47. The van der Waals surface area contributed by atoms with Gasteiger partial charge in [0.05, 0.1) is 17.8 Å². The zero-order valence-corrected chi connectivity index (χ0v) is 15.4. The van der Waals surface area contributed by atoms with Gasteiger partial charge in [-0.25, -0.2) is 0 Å². The third-order valence-electron chi connectivity index (χ3n) is 5.97. The van der Waals surface area contributed by atoms with Crippen molar-refractivity contribution < 1.29 is 14.6 Å². The summed E-state index contributed by atoms with van der Waals surface area (Å²) in [5, 5.41) is 10.7. The molecule has 3 rings (SSSR count). The van der Waals surface area contributed by atoms with Crippen LogP contribution in [0.3, 0.4) is 0 Å². The quantitative estimate of drug-likeness (QED) is 0.855. The summed E-state index contributed by atoms with van der Waals surface area (Å²) in [5.74, 6) is 0.466. The van der Waals surface area contributed by atoms with Gasteiger partial charge in [-0.1, -0.05) is 19.3 Å². The van der Waals surface area contributed by atoms with Crippen molar-refractivity contribution in [3.63, 3.8) is 0 Å². The number of nitrogens with zero attached hydrogens (tertiary/aromatic N) is 2. The van der Waals surface area contributed by atoms with E-state index in [-0.39, 0.29) is 18.1 Å². The van der Waals surface area contributed by atoms with E-state index in [4.69, 9.17) is 4.74 Å². The van der Waals surface area contributed by atoms with Crippen molar-refractivity contribution in [3.05, 3.63) is 0 Å². The van der Waals surface area contributed by atoms with Crippen molar-refractivity contribution in [1.29, 1.82) is 0 Å². The largest absolute Gasteiger partial charge is 0.389 e. The molecular formula is C19H34N2O3. The second-order valence-corrected chi connectivity index (χ2v) is 8.34. The van der Waals surface area contributed by atoms with E-state index in [2.05, 4.69) is 4.90 Å². The molecule has 0 aromatic carbocycles. The predicted octanol–water partition coefficient (Wildman–Crippen LogP) is 2.03. The number of carbonyl (C=O) groups is 1. The van der Waals surface area contributed by atoms with Crippen LogP contribution < -0.4 is 0 Å². The fraction of sp³-hybridized carbons (Fsp3) is 0.947. The Kier molecular flexibility index (Phi) is 5.83. The van der Waals surface area contributed by atoms with E-state index < -0.39 is 5.60 Å². The van der Waals surface area contributed by atoms with Crippen LogP contribution in [0.15, 0.2) is 0 Å². The van der Waals surface area contributed by atoms with Crippen LogP contribution in [-0.2, 0) is 9.53 Å². The van der Waals surface area contributed by atoms with Gasteiger partial charge < -0.3 is 19.6 Å². The van der Waals surface area contributed by atoms with Crippen LogP contribution in [-0.4, -0.2) is 71.3 Å². The Labute approximate surface area is 146 Å². The highest BCUT2D eigenvalue weighted by Gasteiger charge is 2.36. The van der Waals surface area contributed by atoms with Crippen molar-refractivity contribution in [3.8, 4) is 0 Å². The van der Waals surface area contributed by atoms with Crippen molar-refractivity contribution in [2.45, 2.75) is 76.6 Å². The smallest absolute Gasteiger partial charge is 0.225 e. The van der Waals surface area contributed by atoms with Crippen LogP contribution >= 0.6 is 0 Å². The molecule has 5 heteroatoms. The van der Waals surface area contributed by atoms with Gasteiger partial charge in [-0.15, -0.1) is 0 Å². The molecule has 2 saturated heterocycles. The van der Waals surface area contributed by atoms with Crippen molar-refractivity contribution >= 4 is 5.91 Å². The molecule has 0 bridgehead atoms. The molecule has 2 atom stereocenters. The molecule has 1 amide bonds. The number of morpholine rings is 1. The summed E-state index contributed by atoms with van der Waals surface area (Å²) in [4.78, 5) is 17.2. The van der Waals surface area contributed by atoms with Gasteiger partial charge in [0, 0.05) is 25.6 Å². The Morgan fingerprint density at radius 3 is 2.25 bits per heavy atom. The lowest BCUT2D eigenvalue weighted by molar-refractivity contribution is -0.149. The number of hydrogen-bond acceptors (Lipinski definition) is 4. The van der Waals surface area contributed by atoms with Gasteiger partial charge >= 0.3 is 0 Å². The molecule has 0 aromatic rings. The van der Waals surface area contributed by atoms with E-state index in [1.807, 2.05) is 18.7 Å². The number of aliphatic hydroxyl groups is 1. The molecule has 1 saturated carbocycles. The maximum Gasteiger partial charge on any atom is 0.225 e. The summed E-state index contributed by atoms with van der Waals surface area (Å²) in [6.45, 7) is 8.21. The topological polar surface area (TPSA) is 53.0 Å². The van der Waals surface area contributed by atoms with E-state index in [0.29, 0.717) is 5.91 Å². The maximum atomic E-state index is 12.8. The van der Waals surface area contributed by atoms with Gasteiger partial charge in [0.25, 0.3) is 0 Å². The minimum absolute atomic E-state index is 0.137. The maximum absolute atomic E-state index is 12.8. The lowest BCUT2D eigenvalue weighted by Crippen LogP contribution is -2.52. The second-order valence-electron chi connectivity index (χ2n) is 8.34. The number of amides is 1. The summed E-state index contributed by atoms with van der Waals surface area (Å²) in [6.07, 6.45) is 7.57. The van der Waals surface area contributed by atoms with Gasteiger partial charge in [-0.2, -0.15) is 0 Å². The summed E-state index contributed by atoms with van der Waals surface area (Å²) in [5.41, 5.74) is -0.482. The molecule has 138 valence electrons. The lowest BCUT2D eigenvalue weighted by Gasteiger charge is -2.41. The molecule has 24 heavy (non-hydrogen) atoms. The van der Waals surface area contributed by atoms with E-state index in [0.717, 1.165) is 71.2 Å². The van der Waals surface area contributed by atoms with Crippen LogP contribution in [0.25, 0.3) is 0 Å². The number of hydrogen-bond donors (Lipinski definition) is 1. The highest BCUT2D eigenvalue weighted by atomic mass is 16.5. The molecule has 5 nitrogen and oxygen atoms in total. The number of piperidine rings is 1. The summed E-state index contributed by atoms with van der Waals surface area (Å²) < 4.78 is 5.74. The van der Waals surface area contributed by atoms with Crippen LogP contribution in [0, 0.1) is 5.92 Å². The Morgan fingerprint density at radius 2 is 1.67 bits per heavy atom. The standard InChI is InChI=1S/C19H34N2O3/c1-15-12-21(13-16(2)24-15)18(22)17-6-10-20(11-7-17)14-19(23)8-4-3-5-9-19/h15-17,23H,3-14H2,1-2H3. The van der Waals surface area contributed by atoms with Crippen molar-refractivity contribution in [2.75, 3.05) is 32.7 Å². The Bertz CT molecular complexity index is 418. The van der Waals surface area contributed by atoms with Crippen LogP contribution in [0.5, 0.6) is 0 Å². The number of β-amino-alcohol motifs (C(OH)–C–C–N with tert-alkyl or cyclic N) is 1. The average molecular weight is 338 g/mol. The molecule has 1 aliphatic carbocycles. The van der Waals surface area contributed by atoms with Crippen molar-refractivity contribution in [2.24, 2.45) is 5.92 Å². The SMILES string of the molecule is CC1CN(C(=O)C2CCN(CC3(O)CCCCC3)CC2)CC(C)O1. The minimum atomic E-state index is -0.482. The summed E-state index contributed by atoms with van der Waals surface area (Å²) in [7, 11) is 0. The van der Waals surface area contributed by atoms with Gasteiger partial charge in [-0.3, -0.25) is 4.79 Å². The average Bonchev–Trinajstić information content (AvgIpc) is 2.54. The normalized spacial score (nSPS) is 32.7. The number of ether oxygens (including phenoxy) is 1. The first kappa shape index (κ1) is 18.2. The first-order valence-electron chi connectivity index (χ1n) is 9.84.